The van der Waals surface area contributed by atoms with Crippen molar-refractivity contribution in [2.45, 2.75) is 24.7 Å². The predicted molar refractivity (Wildman–Crippen MR) is 144 cm³/mol. The van der Waals surface area contributed by atoms with Gasteiger partial charge in [0.2, 0.25) is 5.16 Å². The number of non-ortho nitro benzene ring substituents is 1. The molecule has 0 atom stereocenters. The number of rotatable bonds is 13. The van der Waals surface area contributed by atoms with Crippen molar-refractivity contribution < 1.29 is 14.4 Å². The second-order valence-electron chi connectivity index (χ2n) is 7.86. The molecule has 4 aromatic rings. The SMILES string of the molecule is COc1ccc(Br)c(CNCCCSc2nnnn2-c2ccccc2)c1OCc1ccc([N+](=O)[O-])cc1. The first-order valence-corrected chi connectivity index (χ1v) is 13.2. The van der Waals surface area contributed by atoms with Gasteiger partial charge in [0.1, 0.15) is 6.61 Å². The average Bonchev–Trinajstić information content (AvgIpc) is 3.39. The highest BCUT2D eigenvalue weighted by molar-refractivity contribution is 9.10. The van der Waals surface area contributed by atoms with Crippen LogP contribution in [0.3, 0.4) is 0 Å². The normalized spacial score (nSPS) is 10.9. The van der Waals surface area contributed by atoms with Crippen molar-refractivity contribution in [3.8, 4) is 17.2 Å². The van der Waals surface area contributed by atoms with Crippen LogP contribution in [0.2, 0.25) is 0 Å². The van der Waals surface area contributed by atoms with Crippen LogP contribution in [-0.2, 0) is 13.2 Å². The third-order valence-electron chi connectivity index (χ3n) is 5.39. The number of ether oxygens (including phenoxy) is 2. The van der Waals surface area contributed by atoms with Crippen molar-refractivity contribution in [1.29, 1.82) is 0 Å². The molecule has 0 amide bonds. The third-order valence-corrected chi connectivity index (χ3v) is 7.14. The lowest BCUT2D eigenvalue weighted by Crippen LogP contribution is -2.17. The number of methoxy groups -OCH3 is 1. The second kappa shape index (κ2) is 13.2. The van der Waals surface area contributed by atoms with E-state index in [2.05, 4.69) is 36.8 Å². The Morgan fingerprint density at radius 2 is 1.89 bits per heavy atom. The maximum atomic E-state index is 10.9. The summed E-state index contributed by atoms with van der Waals surface area (Å²) in [6, 6.07) is 19.9. The van der Waals surface area contributed by atoms with Crippen molar-refractivity contribution in [2.75, 3.05) is 19.4 Å². The summed E-state index contributed by atoms with van der Waals surface area (Å²) in [4.78, 5) is 10.5. The maximum absolute atomic E-state index is 10.9. The zero-order chi connectivity index (χ0) is 26.0. The third kappa shape index (κ3) is 7.06. The first-order chi connectivity index (χ1) is 18.1. The average molecular weight is 585 g/mol. The van der Waals surface area contributed by atoms with E-state index in [0.29, 0.717) is 18.0 Å². The van der Waals surface area contributed by atoms with E-state index in [4.69, 9.17) is 9.47 Å². The Balaban J connectivity index is 1.31. The minimum absolute atomic E-state index is 0.0448. The Labute approximate surface area is 226 Å². The topological polar surface area (TPSA) is 117 Å². The van der Waals surface area contributed by atoms with Gasteiger partial charge in [-0.15, -0.1) is 5.10 Å². The molecule has 0 saturated carbocycles. The van der Waals surface area contributed by atoms with Crippen molar-refractivity contribution in [1.82, 2.24) is 25.5 Å². The first kappa shape index (κ1) is 26.6. The van der Waals surface area contributed by atoms with Crippen molar-refractivity contribution in [3.05, 3.63) is 92.4 Å². The molecule has 0 saturated heterocycles. The zero-order valence-electron chi connectivity index (χ0n) is 20.0. The largest absolute Gasteiger partial charge is 0.493 e. The molecule has 0 spiro atoms. The monoisotopic (exact) mass is 584 g/mol. The number of tetrazole rings is 1. The van der Waals surface area contributed by atoms with Crippen LogP contribution in [0.4, 0.5) is 5.69 Å². The summed E-state index contributed by atoms with van der Waals surface area (Å²) >= 11 is 5.23. The number of halogens is 1. The highest BCUT2D eigenvalue weighted by Crippen LogP contribution is 2.37. The summed E-state index contributed by atoms with van der Waals surface area (Å²) in [5.41, 5.74) is 2.73. The van der Waals surface area contributed by atoms with Gasteiger partial charge >= 0.3 is 0 Å². The lowest BCUT2D eigenvalue weighted by atomic mass is 10.1. The molecule has 192 valence electrons. The van der Waals surface area contributed by atoms with E-state index >= 15 is 0 Å². The van der Waals surface area contributed by atoms with Crippen LogP contribution in [-0.4, -0.2) is 44.5 Å². The number of nitrogens with one attached hydrogen (secondary N) is 1. The van der Waals surface area contributed by atoms with Crippen molar-refractivity contribution >= 4 is 33.4 Å². The minimum Gasteiger partial charge on any atom is -0.493 e. The molecule has 1 aromatic heterocycles. The maximum Gasteiger partial charge on any atom is 0.269 e. The smallest absolute Gasteiger partial charge is 0.269 e. The molecular weight excluding hydrogens is 560 g/mol. The summed E-state index contributed by atoms with van der Waals surface area (Å²) in [6.45, 7) is 1.61. The van der Waals surface area contributed by atoms with Crippen molar-refractivity contribution in [3.63, 3.8) is 0 Å². The van der Waals surface area contributed by atoms with Crippen LogP contribution in [0.15, 0.2) is 76.4 Å². The number of nitro benzene ring substituents is 1. The van der Waals surface area contributed by atoms with Crippen molar-refractivity contribution in [2.24, 2.45) is 0 Å². The van der Waals surface area contributed by atoms with Gasteiger partial charge in [-0.3, -0.25) is 10.1 Å². The van der Waals surface area contributed by atoms with Crippen LogP contribution >= 0.6 is 27.7 Å². The van der Waals surface area contributed by atoms with Crippen LogP contribution in [0.5, 0.6) is 11.5 Å². The zero-order valence-corrected chi connectivity index (χ0v) is 22.4. The number of thioether (sulfide) groups is 1. The molecule has 0 bridgehead atoms. The molecule has 4 rings (SSSR count). The summed E-state index contributed by atoms with van der Waals surface area (Å²) < 4.78 is 14.3. The number of hydrogen-bond acceptors (Lipinski definition) is 9. The van der Waals surface area contributed by atoms with Gasteiger partial charge in [-0.05, 0) is 65.4 Å². The van der Waals surface area contributed by atoms with Gasteiger partial charge < -0.3 is 14.8 Å². The fraction of sp³-hybridized carbons (Fsp3) is 0.240. The van der Waals surface area contributed by atoms with Crippen LogP contribution in [0, 0.1) is 10.1 Å². The van der Waals surface area contributed by atoms with E-state index in [1.54, 1.807) is 35.7 Å². The summed E-state index contributed by atoms with van der Waals surface area (Å²) in [7, 11) is 1.60. The fourth-order valence-corrected chi connectivity index (χ4v) is 4.79. The summed E-state index contributed by atoms with van der Waals surface area (Å²) in [5.74, 6) is 2.09. The summed E-state index contributed by atoms with van der Waals surface area (Å²) in [5, 5.41) is 27.1. The molecule has 10 nitrogen and oxygen atoms in total. The molecule has 0 aliphatic rings. The molecule has 0 aliphatic carbocycles. The number of nitro groups is 1. The predicted octanol–water partition coefficient (Wildman–Crippen LogP) is 5.19. The van der Waals surface area contributed by atoms with E-state index in [-0.39, 0.29) is 12.3 Å². The summed E-state index contributed by atoms with van der Waals surface area (Å²) in [6.07, 6.45) is 0.910. The van der Waals surface area contributed by atoms with Crippen LogP contribution in [0.1, 0.15) is 17.5 Å². The first-order valence-electron chi connectivity index (χ1n) is 11.5. The Kier molecular flexibility index (Phi) is 9.46. The Hall–Kier alpha value is -3.48. The van der Waals surface area contributed by atoms with Gasteiger partial charge in [-0.2, -0.15) is 4.68 Å². The number of benzene rings is 3. The number of aromatic nitrogens is 4. The Bertz CT molecular complexity index is 1320. The van der Waals surface area contributed by atoms with Gasteiger partial charge in [-0.1, -0.05) is 45.9 Å². The molecular formula is C25H25BrN6O4S. The van der Waals surface area contributed by atoms with Gasteiger partial charge in [0, 0.05) is 34.5 Å². The minimum atomic E-state index is -0.421. The second-order valence-corrected chi connectivity index (χ2v) is 9.77. The quantitative estimate of drug-likeness (QED) is 0.0979. The van der Waals surface area contributed by atoms with Gasteiger partial charge in [0.15, 0.2) is 11.5 Å². The molecule has 0 radical (unpaired) electrons. The number of hydrogen-bond donors (Lipinski definition) is 1. The Morgan fingerprint density at radius 3 is 2.62 bits per heavy atom. The van der Waals surface area contributed by atoms with E-state index in [1.165, 1.54) is 12.1 Å². The highest BCUT2D eigenvalue weighted by Gasteiger charge is 2.15. The molecule has 3 aromatic carbocycles. The number of para-hydroxylation sites is 1. The fourth-order valence-electron chi connectivity index (χ4n) is 3.51. The van der Waals surface area contributed by atoms with E-state index in [1.807, 2.05) is 42.5 Å². The molecule has 0 fully saturated rings. The highest BCUT2D eigenvalue weighted by atomic mass is 79.9. The molecule has 37 heavy (non-hydrogen) atoms. The van der Waals surface area contributed by atoms with Crippen LogP contribution in [0.25, 0.3) is 5.69 Å². The van der Waals surface area contributed by atoms with Crippen LogP contribution < -0.4 is 14.8 Å². The molecule has 12 heteroatoms. The van der Waals surface area contributed by atoms with Gasteiger partial charge in [0.05, 0.1) is 17.7 Å². The molecule has 1 N–H and O–H groups in total. The molecule has 0 aliphatic heterocycles. The van der Waals surface area contributed by atoms with Gasteiger partial charge in [0.25, 0.3) is 5.69 Å². The van der Waals surface area contributed by atoms with E-state index < -0.39 is 4.92 Å². The van der Waals surface area contributed by atoms with E-state index in [0.717, 1.165) is 45.2 Å². The standard InChI is InChI=1S/C25H25BrN6O4S/c1-35-23-13-12-22(26)21(24(23)36-17-18-8-10-20(11-9-18)32(33)34)16-27-14-5-15-37-25-28-29-30-31(25)19-6-3-2-4-7-19/h2-4,6-13,27H,5,14-17H2,1H3. The lowest BCUT2D eigenvalue weighted by molar-refractivity contribution is -0.384. The van der Waals surface area contributed by atoms with E-state index in [9.17, 15) is 10.1 Å². The Morgan fingerprint density at radius 1 is 1.11 bits per heavy atom. The number of nitrogens with zero attached hydrogens (tertiary/aromatic N) is 5. The molecule has 1 heterocycles. The lowest BCUT2D eigenvalue weighted by Gasteiger charge is -2.17. The molecule has 0 unspecified atom stereocenters. The van der Waals surface area contributed by atoms with Gasteiger partial charge in [-0.25, -0.2) is 0 Å².